The molecule has 0 amide bonds. The van der Waals surface area contributed by atoms with Crippen molar-refractivity contribution in [2.45, 2.75) is 31.0 Å². The topological polar surface area (TPSA) is 49.4 Å². The van der Waals surface area contributed by atoms with E-state index >= 15 is 0 Å². The number of hydrogen-bond acceptors (Lipinski definition) is 3. The Hall–Kier alpha value is -1.12. The molecule has 1 aliphatic heterocycles. The van der Waals surface area contributed by atoms with Gasteiger partial charge >= 0.3 is 6.18 Å². The van der Waals surface area contributed by atoms with Crippen molar-refractivity contribution in [2.75, 3.05) is 19.6 Å². The predicted octanol–water partition coefficient (Wildman–Crippen LogP) is 2.00. The first-order valence-electron chi connectivity index (χ1n) is 6.54. The summed E-state index contributed by atoms with van der Waals surface area (Å²) in [6, 6.07) is 3.23. The maximum atomic E-state index is 12.9. The van der Waals surface area contributed by atoms with E-state index in [0.717, 1.165) is 12.1 Å². The summed E-state index contributed by atoms with van der Waals surface area (Å²) < 4.78 is 65.1. The van der Waals surface area contributed by atoms with Crippen LogP contribution < -0.4 is 5.32 Å². The fraction of sp³-hybridized carbons (Fsp3) is 0.538. The molecule has 2 rings (SSSR count). The number of alkyl halides is 3. The minimum absolute atomic E-state index is 0.0281. The van der Waals surface area contributed by atoms with Crippen molar-refractivity contribution in [1.82, 2.24) is 9.62 Å². The minimum Gasteiger partial charge on any atom is -0.312 e. The third-order valence-corrected chi connectivity index (χ3v) is 5.55. The van der Waals surface area contributed by atoms with E-state index < -0.39 is 21.8 Å². The number of hydrogen-bond donors (Lipinski definition) is 1. The molecule has 0 spiro atoms. The van der Waals surface area contributed by atoms with Gasteiger partial charge in [0.1, 0.15) is 0 Å². The Balaban J connectivity index is 2.46. The molecule has 0 radical (unpaired) electrons. The Morgan fingerprint density at radius 1 is 1.33 bits per heavy atom. The average molecular weight is 322 g/mol. The summed E-state index contributed by atoms with van der Waals surface area (Å²) in [7, 11) is -3.92. The predicted molar refractivity (Wildman–Crippen MR) is 72.4 cm³/mol. The van der Waals surface area contributed by atoms with Crippen LogP contribution >= 0.6 is 0 Å². The highest BCUT2D eigenvalue weighted by atomic mass is 32.2. The summed E-state index contributed by atoms with van der Waals surface area (Å²) in [6.45, 7) is 4.01. The first-order valence-corrected chi connectivity index (χ1v) is 7.98. The smallest absolute Gasteiger partial charge is 0.312 e. The molecule has 0 aliphatic carbocycles. The molecular weight excluding hydrogens is 305 g/mol. The van der Waals surface area contributed by atoms with E-state index in [-0.39, 0.29) is 29.6 Å². The minimum atomic E-state index is -4.56. The number of nitrogens with zero attached hydrogens (tertiary/aromatic N) is 1. The standard InChI is InChI=1S/C13H17F3N2O2S/c1-9-8-18(7-6-17-9)21(19,20)12-5-3-4-11(10(12)2)13(14,15)16/h3-5,9,17H,6-8H2,1-2H3. The molecule has 1 aromatic carbocycles. The second-order valence-corrected chi connectivity index (χ2v) is 7.05. The zero-order chi connectivity index (χ0) is 15.8. The maximum Gasteiger partial charge on any atom is 0.416 e. The molecule has 0 bridgehead atoms. The second kappa shape index (κ2) is 5.58. The summed E-state index contributed by atoms with van der Waals surface area (Å²) in [5, 5.41) is 3.10. The number of sulfonamides is 1. The third kappa shape index (κ3) is 3.22. The van der Waals surface area contributed by atoms with Gasteiger partial charge in [0.2, 0.25) is 10.0 Å². The molecule has 118 valence electrons. The lowest BCUT2D eigenvalue weighted by Crippen LogP contribution is -2.51. The molecule has 1 fully saturated rings. The fourth-order valence-electron chi connectivity index (χ4n) is 2.46. The Kier molecular flexibility index (Phi) is 4.32. The highest BCUT2D eigenvalue weighted by molar-refractivity contribution is 7.89. The summed E-state index contributed by atoms with van der Waals surface area (Å²) in [6.07, 6.45) is -4.56. The normalized spacial score (nSPS) is 21.5. The van der Waals surface area contributed by atoms with Gasteiger partial charge in [-0.25, -0.2) is 8.42 Å². The third-order valence-electron chi connectivity index (χ3n) is 3.54. The van der Waals surface area contributed by atoms with Crippen LogP contribution in [0.5, 0.6) is 0 Å². The monoisotopic (exact) mass is 322 g/mol. The number of benzene rings is 1. The summed E-state index contributed by atoms with van der Waals surface area (Å²) in [5.41, 5.74) is -1.16. The van der Waals surface area contributed by atoms with Gasteiger partial charge in [-0.1, -0.05) is 6.07 Å². The van der Waals surface area contributed by atoms with Crippen molar-refractivity contribution >= 4 is 10.0 Å². The molecule has 4 nitrogen and oxygen atoms in total. The molecule has 0 saturated carbocycles. The van der Waals surface area contributed by atoms with Gasteiger partial charge in [-0.15, -0.1) is 0 Å². The quantitative estimate of drug-likeness (QED) is 0.906. The average Bonchev–Trinajstić information content (AvgIpc) is 2.37. The summed E-state index contributed by atoms with van der Waals surface area (Å²) in [4.78, 5) is -0.272. The van der Waals surface area contributed by atoms with Crippen LogP contribution in [0.1, 0.15) is 18.1 Å². The van der Waals surface area contributed by atoms with Gasteiger partial charge in [0.25, 0.3) is 0 Å². The number of nitrogens with one attached hydrogen (secondary N) is 1. The number of halogens is 3. The zero-order valence-electron chi connectivity index (χ0n) is 11.7. The van der Waals surface area contributed by atoms with Crippen LogP contribution in [0.25, 0.3) is 0 Å². The largest absolute Gasteiger partial charge is 0.416 e. The van der Waals surface area contributed by atoms with Crippen LogP contribution in [-0.4, -0.2) is 38.4 Å². The number of rotatable bonds is 2. The molecule has 1 atom stereocenters. The Bertz CT molecular complexity index is 629. The molecule has 21 heavy (non-hydrogen) atoms. The molecule has 1 heterocycles. The number of piperazine rings is 1. The van der Waals surface area contributed by atoms with Gasteiger partial charge in [0, 0.05) is 25.7 Å². The van der Waals surface area contributed by atoms with E-state index in [1.54, 1.807) is 0 Å². The van der Waals surface area contributed by atoms with Gasteiger partial charge in [-0.3, -0.25) is 0 Å². The molecule has 1 unspecified atom stereocenters. The Labute approximate surface area is 122 Å². The van der Waals surface area contributed by atoms with E-state index in [1.807, 2.05) is 6.92 Å². The molecule has 1 N–H and O–H groups in total. The van der Waals surface area contributed by atoms with Gasteiger partial charge < -0.3 is 5.32 Å². The molecule has 1 aromatic rings. The molecule has 1 saturated heterocycles. The van der Waals surface area contributed by atoms with Crippen LogP contribution in [0.4, 0.5) is 13.2 Å². The van der Waals surface area contributed by atoms with Crippen molar-refractivity contribution < 1.29 is 21.6 Å². The van der Waals surface area contributed by atoms with Gasteiger partial charge in [0.05, 0.1) is 10.5 Å². The van der Waals surface area contributed by atoms with Crippen molar-refractivity contribution in [2.24, 2.45) is 0 Å². The van der Waals surface area contributed by atoms with Gasteiger partial charge in [0.15, 0.2) is 0 Å². The van der Waals surface area contributed by atoms with E-state index in [4.69, 9.17) is 0 Å². The lowest BCUT2D eigenvalue weighted by atomic mass is 10.1. The zero-order valence-corrected chi connectivity index (χ0v) is 12.6. The molecule has 0 aromatic heterocycles. The first-order chi connectivity index (χ1) is 9.64. The van der Waals surface area contributed by atoms with Crippen molar-refractivity contribution in [1.29, 1.82) is 0 Å². The van der Waals surface area contributed by atoms with E-state index in [9.17, 15) is 21.6 Å². The highest BCUT2D eigenvalue weighted by Crippen LogP contribution is 2.35. The van der Waals surface area contributed by atoms with Crippen LogP contribution in [0.15, 0.2) is 23.1 Å². The molecule has 1 aliphatic rings. The maximum absolute atomic E-state index is 12.9. The van der Waals surface area contributed by atoms with E-state index in [0.29, 0.717) is 6.54 Å². The van der Waals surface area contributed by atoms with Crippen LogP contribution in [0.2, 0.25) is 0 Å². The van der Waals surface area contributed by atoms with Gasteiger partial charge in [-0.2, -0.15) is 17.5 Å². The van der Waals surface area contributed by atoms with E-state index in [2.05, 4.69) is 5.32 Å². The lowest BCUT2D eigenvalue weighted by Gasteiger charge is -2.31. The Morgan fingerprint density at radius 3 is 2.57 bits per heavy atom. The SMILES string of the molecule is Cc1c(C(F)(F)F)cccc1S(=O)(=O)N1CCNC(C)C1. The fourth-order valence-corrected chi connectivity index (χ4v) is 4.23. The van der Waals surface area contributed by atoms with Crippen molar-refractivity contribution in [3.05, 3.63) is 29.3 Å². The van der Waals surface area contributed by atoms with Crippen LogP contribution in [0, 0.1) is 6.92 Å². The molecule has 8 heteroatoms. The second-order valence-electron chi connectivity index (χ2n) is 5.14. The Morgan fingerprint density at radius 2 is 2.00 bits per heavy atom. The van der Waals surface area contributed by atoms with Crippen molar-refractivity contribution in [3.63, 3.8) is 0 Å². The highest BCUT2D eigenvalue weighted by Gasteiger charge is 2.36. The van der Waals surface area contributed by atoms with Crippen LogP contribution in [0.3, 0.4) is 0 Å². The van der Waals surface area contributed by atoms with E-state index in [1.165, 1.54) is 17.3 Å². The summed E-state index contributed by atoms with van der Waals surface area (Å²) in [5.74, 6) is 0. The van der Waals surface area contributed by atoms with Crippen LogP contribution in [-0.2, 0) is 16.2 Å². The van der Waals surface area contributed by atoms with Gasteiger partial charge in [-0.05, 0) is 31.5 Å². The summed E-state index contributed by atoms with van der Waals surface area (Å²) >= 11 is 0. The first kappa shape index (κ1) is 16.3. The molecular formula is C13H17F3N2O2S. The lowest BCUT2D eigenvalue weighted by molar-refractivity contribution is -0.138. The van der Waals surface area contributed by atoms with Crippen molar-refractivity contribution in [3.8, 4) is 0 Å².